The first kappa shape index (κ1) is 17.7. The Morgan fingerprint density at radius 3 is 2.54 bits per heavy atom. The van der Waals surface area contributed by atoms with E-state index in [1.807, 2.05) is 50.4 Å². The zero-order valence-corrected chi connectivity index (χ0v) is 15.2. The summed E-state index contributed by atoms with van der Waals surface area (Å²) in [6.07, 6.45) is 4.23. The highest BCUT2D eigenvalue weighted by Gasteiger charge is 2.21. The molecule has 3 rings (SSSR count). The summed E-state index contributed by atoms with van der Waals surface area (Å²) in [4.78, 5) is 27.5. The van der Waals surface area contributed by atoms with Crippen molar-refractivity contribution in [3.63, 3.8) is 0 Å². The van der Waals surface area contributed by atoms with Gasteiger partial charge in [-0.3, -0.25) is 9.59 Å². The van der Waals surface area contributed by atoms with Crippen LogP contribution in [0.5, 0.6) is 0 Å². The van der Waals surface area contributed by atoms with Crippen molar-refractivity contribution in [2.75, 3.05) is 0 Å². The van der Waals surface area contributed by atoms with Crippen molar-refractivity contribution >= 4 is 11.7 Å². The quantitative estimate of drug-likeness (QED) is 0.670. The van der Waals surface area contributed by atoms with Gasteiger partial charge in [0.2, 0.25) is 0 Å². The Labute approximate surface area is 152 Å². The Hall–Kier alpha value is -3.15. The average molecular weight is 350 g/mol. The molecule has 2 N–H and O–H groups in total. The van der Waals surface area contributed by atoms with Crippen molar-refractivity contribution in [3.05, 3.63) is 70.8 Å². The normalized spacial score (nSPS) is 10.7. The summed E-state index contributed by atoms with van der Waals surface area (Å²) in [5.41, 5.74) is 4.57. The lowest BCUT2D eigenvalue weighted by molar-refractivity contribution is 0.0945. The van der Waals surface area contributed by atoms with Crippen molar-refractivity contribution < 1.29 is 9.59 Å². The van der Waals surface area contributed by atoms with Gasteiger partial charge in [0.15, 0.2) is 5.78 Å². The van der Waals surface area contributed by atoms with Crippen LogP contribution in [-0.4, -0.2) is 26.5 Å². The molecule has 134 valence electrons. The second-order valence-electron chi connectivity index (χ2n) is 6.19. The van der Waals surface area contributed by atoms with E-state index in [0.29, 0.717) is 24.2 Å². The van der Waals surface area contributed by atoms with E-state index in [1.54, 1.807) is 10.9 Å². The molecule has 0 saturated carbocycles. The molecular formula is C20H22N4O2. The number of aromatic nitrogens is 3. The minimum Gasteiger partial charge on any atom is -0.354 e. The molecule has 2 heterocycles. The van der Waals surface area contributed by atoms with E-state index in [9.17, 15) is 9.59 Å². The van der Waals surface area contributed by atoms with Crippen molar-refractivity contribution in [2.45, 2.75) is 33.7 Å². The fourth-order valence-corrected chi connectivity index (χ4v) is 3.16. The van der Waals surface area contributed by atoms with Crippen LogP contribution >= 0.6 is 0 Å². The number of Topliss-reactive ketones (excluding diaryl/α,β-unsaturated/α-hetero) is 1. The molecular weight excluding hydrogens is 328 g/mol. The van der Waals surface area contributed by atoms with Gasteiger partial charge in [-0.2, -0.15) is 5.10 Å². The van der Waals surface area contributed by atoms with Crippen LogP contribution in [0.1, 0.15) is 51.5 Å². The molecule has 0 fully saturated rings. The molecule has 1 aromatic carbocycles. The Morgan fingerprint density at radius 2 is 1.96 bits per heavy atom. The van der Waals surface area contributed by atoms with E-state index in [4.69, 9.17) is 0 Å². The topological polar surface area (TPSA) is 79.8 Å². The molecule has 0 aliphatic rings. The molecule has 2 aromatic heterocycles. The van der Waals surface area contributed by atoms with Crippen molar-refractivity contribution in [3.8, 4) is 5.69 Å². The lowest BCUT2D eigenvalue weighted by atomic mass is 10.0. The Kier molecular flexibility index (Phi) is 5.02. The number of nitrogens with zero attached hydrogens (tertiary/aromatic N) is 2. The smallest absolute Gasteiger partial charge is 0.268 e. The molecule has 6 nitrogen and oxygen atoms in total. The molecule has 1 amide bonds. The van der Waals surface area contributed by atoms with Gasteiger partial charge in [0.25, 0.3) is 5.91 Å². The summed E-state index contributed by atoms with van der Waals surface area (Å²) in [5, 5.41) is 7.11. The molecule has 0 bridgehead atoms. The number of H-pyrrole nitrogens is 1. The Bertz CT molecular complexity index is 922. The van der Waals surface area contributed by atoms with E-state index in [-0.39, 0.29) is 11.7 Å². The molecule has 0 spiro atoms. The van der Waals surface area contributed by atoms with Crippen LogP contribution in [0.2, 0.25) is 0 Å². The fraction of sp³-hybridized carbons (Fsp3) is 0.250. The van der Waals surface area contributed by atoms with Crippen molar-refractivity contribution in [2.24, 2.45) is 0 Å². The van der Waals surface area contributed by atoms with Crippen LogP contribution in [0.25, 0.3) is 5.69 Å². The minimum absolute atomic E-state index is 0.0242. The lowest BCUT2D eigenvalue weighted by Gasteiger charge is -2.07. The van der Waals surface area contributed by atoms with Gasteiger partial charge in [-0.15, -0.1) is 0 Å². The lowest BCUT2D eigenvalue weighted by Crippen LogP contribution is -2.24. The van der Waals surface area contributed by atoms with Gasteiger partial charge in [0.05, 0.1) is 5.69 Å². The number of rotatable bonds is 6. The fourth-order valence-electron chi connectivity index (χ4n) is 3.16. The minimum atomic E-state index is -0.200. The average Bonchev–Trinajstić information content (AvgIpc) is 3.27. The summed E-state index contributed by atoms with van der Waals surface area (Å²) in [6.45, 7) is 5.70. The van der Waals surface area contributed by atoms with Gasteiger partial charge in [-0.1, -0.05) is 19.1 Å². The van der Waals surface area contributed by atoms with Crippen molar-refractivity contribution in [1.29, 1.82) is 0 Å². The number of aromatic amines is 1. The molecule has 0 saturated heterocycles. The van der Waals surface area contributed by atoms with E-state index < -0.39 is 0 Å². The van der Waals surface area contributed by atoms with E-state index in [2.05, 4.69) is 15.4 Å². The zero-order chi connectivity index (χ0) is 18.7. The predicted molar refractivity (Wildman–Crippen MR) is 99.6 cm³/mol. The van der Waals surface area contributed by atoms with E-state index in [1.165, 1.54) is 6.92 Å². The number of carbonyl (C=O) groups excluding carboxylic acids is 2. The molecule has 0 atom stereocenters. The second-order valence-corrected chi connectivity index (χ2v) is 6.19. The maximum Gasteiger partial charge on any atom is 0.268 e. The Morgan fingerprint density at radius 1 is 1.23 bits per heavy atom. The number of nitrogens with one attached hydrogen (secondary N) is 2. The van der Waals surface area contributed by atoms with Crippen LogP contribution < -0.4 is 5.32 Å². The molecule has 0 radical (unpaired) electrons. The van der Waals surface area contributed by atoms with E-state index in [0.717, 1.165) is 22.5 Å². The van der Waals surface area contributed by atoms with Crippen molar-refractivity contribution in [1.82, 2.24) is 20.1 Å². The largest absolute Gasteiger partial charge is 0.354 e. The number of aryl methyl sites for hydroxylation is 1. The van der Waals surface area contributed by atoms with Gasteiger partial charge in [-0.05, 0) is 49.6 Å². The molecule has 6 heteroatoms. The first-order valence-electron chi connectivity index (χ1n) is 8.60. The maximum absolute atomic E-state index is 12.6. The molecule has 0 aliphatic heterocycles. The maximum atomic E-state index is 12.6. The number of hydrogen-bond donors (Lipinski definition) is 2. The number of carbonyl (C=O) groups is 2. The highest BCUT2D eigenvalue weighted by molar-refractivity contribution is 6.02. The zero-order valence-electron chi connectivity index (χ0n) is 15.2. The first-order valence-corrected chi connectivity index (χ1v) is 8.60. The predicted octanol–water partition coefficient (Wildman–Crippen LogP) is 3.20. The van der Waals surface area contributed by atoms with E-state index >= 15 is 0 Å². The van der Waals surface area contributed by atoms with Crippen LogP contribution in [0.3, 0.4) is 0 Å². The molecule has 0 unspecified atom stereocenters. The SMILES string of the molecule is CCc1c(C(=O)NCc2ccc(-n3cccn3)cc2)[nH]c(C)c1C(C)=O. The third-order valence-corrected chi connectivity index (χ3v) is 4.38. The standard InChI is InChI=1S/C20H22N4O2/c1-4-17-18(14(3)25)13(2)23-19(17)20(26)21-12-15-6-8-16(9-7-15)24-11-5-10-22-24/h5-11,23H,4,12H2,1-3H3,(H,21,26). The van der Waals surface area contributed by atoms with Crippen LogP contribution in [0.4, 0.5) is 0 Å². The van der Waals surface area contributed by atoms with Crippen LogP contribution in [0.15, 0.2) is 42.7 Å². The van der Waals surface area contributed by atoms with Crippen LogP contribution in [0, 0.1) is 6.92 Å². The highest BCUT2D eigenvalue weighted by Crippen LogP contribution is 2.20. The third kappa shape index (κ3) is 3.44. The van der Waals surface area contributed by atoms with Gasteiger partial charge in [0.1, 0.15) is 5.69 Å². The number of hydrogen-bond acceptors (Lipinski definition) is 3. The monoisotopic (exact) mass is 350 g/mol. The third-order valence-electron chi connectivity index (χ3n) is 4.38. The van der Waals surface area contributed by atoms with Gasteiger partial charge >= 0.3 is 0 Å². The number of ketones is 1. The van der Waals surface area contributed by atoms with Gasteiger partial charge in [0, 0.05) is 30.2 Å². The van der Waals surface area contributed by atoms with Gasteiger partial charge in [-0.25, -0.2) is 4.68 Å². The summed E-state index contributed by atoms with van der Waals surface area (Å²) in [7, 11) is 0. The summed E-state index contributed by atoms with van der Waals surface area (Å²) in [6, 6.07) is 9.70. The van der Waals surface area contributed by atoms with Crippen LogP contribution in [-0.2, 0) is 13.0 Å². The number of amides is 1. The van der Waals surface area contributed by atoms with Gasteiger partial charge < -0.3 is 10.3 Å². The first-order chi connectivity index (χ1) is 12.5. The summed E-state index contributed by atoms with van der Waals surface area (Å²) < 4.78 is 1.78. The number of benzene rings is 1. The summed E-state index contributed by atoms with van der Waals surface area (Å²) >= 11 is 0. The molecule has 26 heavy (non-hydrogen) atoms. The summed E-state index contributed by atoms with van der Waals surface area (Å²) in [5.74, 6) is -0.225. The molecule has 3 aromatic rings. The highest BCUT2D eigenvalue weighted by atomic mass is 16.2. The second kappa shape index (κ2) is 7.39. The molecule has 0 aliphatic carbocycles. The Balaban J connectivity index is 1.71.